The molecule has 26 heavy (non-hydrogen) atoms. The Morgan fingerprint density at radius 2 is 2.15 bits per heavy atom. The van der Waals surface area contributed by atoms with E-state index in [2.05, 4.69) is 24.1 Å². The molecular weight excluding hydrogens is 352 g/mol. The van der Waals surface area contributed by atoms with Crippen molar-refractivity contribution in [2.45, 2.75) is 46.5 Å². The highest BCUT2D eigenvalue weighted by molar-refractivity contribution is 6.31. The minimum absolute atomic E-state index is 0.0379. The van der Waals surface area contributed by atoms with Gasteiger partial charge in [0, 0.05) is 41.7 Å². The third kappa shape index (κ3) is 3.28. The summed E-state index contributed by atoms with van der Waals surface area (Å²) in [7, 11) is 0. The zero-order valence-electron chi connectivity index (χ0n) is 15.5. The number of hydrogen-bond donors (Lipinski definition) is 1. The van der Waals surface area contributed by atoms with Crippen molar-refractivity contribution in [1.29, 1.82) is 0 Å². The number of pyridine rings is 1. The van der Waals surface area contributed by atoms with E-state index >= 15 is 0 Å². The van der Waals surface area contributed by atoms with E-state index in [1.807, 2.05) is 6.92 Å². The van der Waals surface area contributed by atoms with E-state index in [4.69, 9.17) is 16.3 Å². The van der Waals surface area contributed by atoms with Crippen LogP contribution < -0.4 is 5.32 Å². The number of halogens is 1. The van der Waals surface area contributed by atoms with E-state index in [9.17, 15) is 9.59 Å². The number of carbonyl (C=O) groups excluding carboxylic acids is 2. The van der Waals surface area contributed by atoms with Crippen molar-refractivity contribution in [3.8, 4) is 0 Å². The number of ketones is 1. The van der Waals surface area contributed by atoms with E-state index in [0.29, 0.717) is 33.9 Å². The van der Waals surface area contributed by atoms with Gasteiger partial charge in [-0.05, 0) is 37.3 Å². The quantitative estimate of drug-likeness (QED) is 0.812. The van der Waals surface area contributed by atoms with Crippen molar-refractivity contribution in [2.24, 2.45) is 5.41 Å². The molecule has 1 aliphatic carbocycles. The number of esters is 1. The van der Waals surface area contributed by atoms with Gasteiger partial charge in [0.25, 0.3) is 0 Å². The summed E-state index contributed by atoms with van der Waals surface area (Å²) in [6.07, 6.45) is 4.33. The smallest absolute Gasteiger partial charge is 0.336 e. The lowest BCUT2D eigenvalue weighted by atomic mass is 9.68. The van der Waals surface area contributed by atoms with E-state index in [1.165, 1.54) is 6.20 Å². The Kier molecular flexibility index (Phi) is 4.93. The fourth-order valence-electron chi connectivity index (χ4n) is 3.85. The molecule has 0 bridgehead atoms. The Bertz CT molecular complexity index is 839. The molecule has 1 atom stereocenters. The summed E-state index contributed by atoms with van der Waals surface area (Å²) >= 11 is 6.40. The van der Waals surface area contributed by atoms with Crippen LogP contribution in [-0.2, 0) is 14.3 Å². The lowest BCUT2D eigenvalue weighted by molar-refractivity contribution is -0.138. The maximum atomic E-state index is 13.0. The first-order valence-electron chi connectivity index (χ1n) is 8.75. The van der Waals surface area contributed by atoms with Gasteiger partial charge in [0.15, 0.2) is 5.78 Å². The Morgan fingerprint density at radius 3 is 2.81 bits per heavy atom. The van der Waals surface area contributed by atoms with Gasteiger partial charge in [-0.15, -0.1) is 0 Å². The highest BCUT2D eigenvalue weighted by atomic mass is 35.5. The summed E-state index contributed by atoms with van der Waals surface area (Å²) < 4.78 is 5.27. The summed E-state index contributed by atoms with van der Waals surface area (Å²) in [4.78, 5) is 29.8. The average Bonchev–Trinajstić information content (AvgIpc) is 2.53. The summed E-state index contributed by atoms with van der Waals surface area (Å²) in [6.45, 7) is 8.01. The van der Waals surface area contributed by atoms with Crippen molar-refractivity contribution in [3.63, 3.8) is 0 Å². The fraction of sp³-hybridized carbons (Fsp3) is 0.450. The summed E-state index contributed by atoms with van der Waals surface area (Å²) in [6, 6.07) is 1.77. The fourth-order valence-corrected chi connectivity index (χ4v) is 4.08. The average molecular weight is 375 g/mol. The Hall–Kier alpha value is -2.14. The van der Waals surface area contributed by atoms with Crippen LogP contribution in [0.4, 0.5) is 0 Å². The lowest BCUT2D eigenvalue weighted by Crippen LogP contribution is -2.38. The maximum absolute atomic E-state index is 13.0. The number of nitrogens with one attached hydrogen (secondary N) is 1. The molecule has 1 aliphatic heterocycles. The predicted molar refractivity (Wildman–Crippen MR) is 99.5 cm³/mol. The molecule has 1 N–H and O–H groups in total. The van der Waals surface area contributed by atoms with Crippen molar-refractivity contribution in [1.82, 2.24) is 10.3 Å². The summed E-state index contributed by atoms with van der Waals surface area (Å²) in [5.74, 6) is -0.931. The Labute approximate surface area is 158 Å². The molecule has 6 heteroatoms. The second-order valence-corrected chi connectivity index (χ2v) is 7.95. The van der Waals surface area contributed by atoms with Crippen molar-refractivity contribution in [2.75, 3.05) is 6.61 Å². The highest BCUT2D eigenvalue weighted by Gasteiger charge is 2.43. The van der Waals surface area contributed by atoms with Gasteiger partial charge in [-0.25, -0.2) is 4.79 Å². The minimum atomic E-state index is -0.538. The second kappa shape index (κ2) is 6.88. The molecule has 2 aliphatic rings. The van der Waals surface area contributed by atoms with Crippen LogP contribution in [0, 0.1) is 5.41 Å². The number of hydrogen-bond acceptors (Lipinski definition) is 5. The van der Waals surface area contributed by atoms with Gasteiger partial charge in [-0.1, -0.05) is 25.4 Å². The van der Waals surface area contributed by atoms with Gasteiger partial charge in [0.2, 0.25) is 0 Å². The molecule has 1 aromatic rings. The molecule has 1 aromatic heterocycles. The Morgan fingerprint density at radius 1 is 1.42 bits per heavy atom. The van der Waals surface area contributed by atoms with E-state index in [-0.39, 0.29) is 17.8 Å². The van der Waals surface area contributed by atoms with Gasteiger partial charge in [-0.2, -0.15) is 0 Å². The number of nitrogens with zero attached hydrogens (tertiary/aromatic N) is 1. The molecule has 0 spiro atoms. The number of dihydropyridines is 1. The molecule has 0 unspecified atom stereocenters. The first kappa shape index (κ1) is 18.6. The monoisotopic (exact) mass is 374 g/mol. The lowest BCUT2D eigenvalue weighted by Gasteiger charge is -2.39. The van der Waals surface area contributed by atoms with Gasteiger partial charge < -0.3 is 10.1 Å². The van der Waals surface area contributed by atoms with Crippen LogP contribution in [0.3, 0.4) is 0 Å². The van der Waals surface area contributed by atoms with Crippen LogP contribution in [-0.4, -0.2) is 23.3 Å². The molecule has 5 nitrogen and oxygen atoms in total. The molecular formula is C20H23ClN2O3. The standard InChI is InChI=1S/C20H23ClN2O3/c1-5-26-19(25)16-11(2)23-14-8-20(3,4)9-15(24)18(14)17(16)12-6-7-22-10-13(12)21/h6-7,10,17,23H,5,8-9H2,1-4H3/t17-/m1/s1. The van der Waals surface area contributed by atoms with E-state index in [0.717, 1.165) is 12.1 Å². The normalized spacial score (nSPS) is 22.0. The maximum Gasteiger partial charge on any atom is 0.336 e. The number of allylic oxidation sites excluding steroid dienone is 3. The number of rotatable bonds is 3. The highest BCUT2D eigenvalue weighted by Crippen LogP contribution is 2.47. The molecule has 0 radical (unpaired) electrons. The first-order valence-corrected chi connectivity index (χ1v) is 9.13. The van der Waals surface area contributed by atoms with Crippen molar-refractivity contribution >= 4 is 23.4 Å². The zero-order chi connectivity index (χ0) is 19.1. The molecule has 0 fully saturated rings. The first-order chi connectivity index (χ1) is 12.2. The van der Waals surface area contributed by atoms with Gasteiger partial charge in [0.1, 0.15) is 0 Å². The molecule has 0 saturated carbocycles. The van der Waals surface area contributed by atoms with Crippen molar-refractivity contribution < 1.29 is 14.3 Å². The van der Waals surface area contributed by atoms with Crippen LogP contribution in [0.25, 0.3) is 0 Å². The zero-order valence-corrected chi connectivity index (χ0v) is 16.2. The van der Waals surface area contributed by atoms with Crippen LogP contribution >= 0.6 is 11.6 Å². The molecule has 0 saturated heterocycles. The van der Waals surface area contributed by atoms with Crippen LogP contribution in [0.2, 0.25) is 5.02 Å². The minimum Gasteiger partial charge on any atom is -0.463 e. The largest absolute Gasteiger partial charge is 0.463 e. The molecule has 138 valence electrons. The number of aromatic nitrogens is 1. The number of Topliss-reactive ketones (excluding diaryl/α,β-unsaturated/α-hetero) is 1. The summed E-state index contributed by atoms with van der Waals surface area (Å²) in [5.41, 5.74) is 3.20. The third-order valence-corrected chi connectivity index (χ3v) is 5.17. The molecule has 0 aromatic carbocycles. The van der Waals surface area contributed by atoms with Gasteiger partial charge in [0.05, 0.1) is 17.2 Å². The van der Waals surface area contributed by atoms with Crippen LogP contribution in [0.15, 0.2) is 41.0 Å². The van der Waals surface area contributed by atoms with Gasteiger partial charge >= 0.3 is 5.97 Å². The van der Waals surface area contributed by atoms with Gasteiger partial charge in [-0.3, -0.25) is 9.78 Å². The van der Waals surface area contributed by atoms with Crippen LogP contribution in [0.5, 0.6) is 0 Å². The topological polar surface area (TPSA) is 68.3 Å². The third-order valence-electron chi connectivity index (χ3n) is 4.85. The molecule has 0 amide bonds. The predicted octanol–water partition coefficient (Wildman–Crippen LogP) is 3.90. The number of ether oxygens (including phenoxy) is 1. The van der Waals surface area contributed by atoms with Crippen molar-refractivity contribution in [3.05, 3.63) is 51.6 Å². The molecule has 3 rings (SSSR count). The molecule has 2 heterocycles. The number of carbonyl (C=O) groups is 2. The van der Waals surface area contributed by atoms with Crippen LogP contribution in [0.1, 0.15) is 52.0 Å². The Balaban J connectivity index is 2.21. The van der Waals surface area contributed by atoms with E-state index < -0.39 is 11.9 Å². The summed E-state index contributed by atoms with van der Waals surface area (Å²) in [5, 5.41) is 3.72. The van der Waals surface area contributed by atoms with E-state index in [1.54, 1.807) is 19.2 Å². The second-order valence-electron chi connectivity index (χ2n) is 7.55. The SMILES string of the molecule is CCOC(=O)C1=C(C)NC2=C(C(=O)CC(C)(C)C2)[C@@H]1c1ccncc1Cl.